The molecule has 11 nitrogen and oxygen atoms in total. The summed E-state index contributed by atoms with van der Waals surface area (Å²) in [5, 5.41) is 9.76. The molecule has 0 aliphatic heterocycles. The lowest BCUT2D eigenvalue weighted by molar-refractivity contribution is -0.175. The molecule has 252 valence electrons. The largest absolute Gasteiger partial charge is 0.497 e. The van der Waals surface area contributed by atoms with Crippen molar-refractivity contribution in [2.45, 2.75) is 84.4 Å². The summed E-state index contributed by atoms with van der Waals surface area (Å²) in [5.41, 5.74) is 0.956. The molecule has 0 saturated carbocycles. The fourth-order valence-electron chi connectivity index (χ4n) is 4.12. The van der Waals surface area contributed by atoms with Crippen molar-refractivity contribution in [3.63, 3.8) is 0 Å². The third-order valence-electron chi connectivity index (χ3n) is 6.52. The smallest absolute Gasteiger partial charge is 0.452 e. The summed E-state index contributed by atoms with van der Waals surface area (Å²) in [6.45, 7) is 9.54. The Morgan fingerprint density at radius 2 is 1.35 bits per heavy atom. The van der Waals surface area contributed by atoms with Gasteiger partial charge >= 0.3 is 12.3 Å². The maximum atomic E-state index is 13.2. The summed E-state index contributed by atoms with van der Waals surface area (Å²) < 4.78 is 49.9. The second kappa shape index (κ2) is 16.1. The molecule has 14 heteroatoms. The maximum absolute atomic E-state index is 13.2. The van der Waals surface area contributed by atoms with Crippen LogP contribution < -0.4 is 26.0 Å². The number of methoxy groups -OCH3 is 1. The molecule has 4 N–H and O–H groups in total. The van der Waals surface area contributed by atoms with Gasteiger partial charge in [0.1, 0.15) is 23.4 Å². The van der Waals surface area contributed by atoms with E-state index in [9.17, 15) is 37.1 Å². The topological polar surface area (TPSA) is 152 Å². The molecular formula is C32H41F3N4O7. The van der Waals surface area contributed by atoms with E-state index in [1.165, 1.54) is 52.1 Å². The Morgan fingerprint density at radius 3 is 1.85 bits per heavy atom. The molecule has 46 heavy (non-hydrogen) atoms. The van der Waals surface area contributed by atoms with Crippen LogP contribution in [0.5, 0.6) is 5.75 Å². The number of nitrogens with one attached hydrogen (secondary N) is 4. The van der Waals surface area contributed by atoms with Crippen LogP contribution in [0.1, 0.15) is 64.3 Å². The van der Waals surface area contributed by atoms with Crippen molar-refractivity contribution >= 4 is 29.6 Å². The molecule has 2 rings (SSSR count). The molecule has 3 unspecified atom stereocenters. The molecular weight excluding hydrogens is 609 g/mol. The molecule has 0 aromatic heterocycles. The second-order valence-corrected chi connectivity index (χ2v) is 11.9. The first kappa shape index (κ1) is 37.6. The number of benzene rings is 2. The van der Waals surface area contributed by atoms with Crippen LogP contribution in [0, 0.1) is 5.92 Å². The van der Waals surface area contributed by atoms with E-state index in [1.807, 2.05) is 0 Å². The molecule has 2 aromatic carbocycles. The van der Waals surface area contributed by atoms with Crippen LogP contribution in [-0.2, 0) is 36.9 Å². The molecule has 0 fully saturated rings. The van der Waals surface area contributed by atoms with E-state index in [4.69, 9.17) is 9.47 Å². The van der Waals surface area contributed by atoms with Crippen LogP contribution in [0.3, 0.4) is 0 Å². The molecule has 0 aliphatic rings. The van der Waals surface area contributed by atoms with Crippen LogP contribution in [0.15, 0.2) is 48.5 Å². The first-order valence-electron chi connectivity index (χ1n) is 14.5. The van der Waals surface area contributed by atoms with E-state index in [2.05, 4.69) is 21.3 Å². The predicted molar refractivity (Wildman–Crippen MR) is 163 cm³/mol. The highest BCUT2D eigenvalue weighted by Gasteiger charge is 2.45. The van der Waals surface area contributed by atoms with E-state index in [1.54, 1.807) is 45.0 Å². The number of halogens is 3. The van der Waals surface area contributed by atoms with Crippen molar-refractivity contribution in [2.75, 3.05) is 7.11 Å². The SMILES string of the molecule is COc1ccc(C(NC(=O)C(C)NC(=O)Cc2ccc(CNC(=O)OC(C)(C)C)cc2)C(=O)NC(C(=O)C(F)(F)F)C(C)C)cc1. The van der Waals surface area contributed by atoms with Gasteiger partial charge in [-0.3, -0.25) is 19.2 Å². The molecule has 4 amide bonds. The van der Waals surface area contributed by atoms with Crippen molar-refractivity contribution in [3.8, 4) is 5.75 Å². The van der Waals surface area contributed by atoms with Crippen molar-refractivity contribution in [1.82, 2.24) is 21.3 Å². The number of carbonyl (C=O) groups is 5. The summed E-state index contributed by atoms with van der Waals surface area (Å²) in [6, 6.07) is 8.16. The molecule has 0 radical (unpaired) electrons. The Hall–Kier alpha value is -4.62. The van der Waals surface area contributed by atoms with Gasteiger partial charge in [0.05, 0.1) is 19.6 Å². The number of alkyl carbamates (subject to hydrolysis) is 1. The quantitative estimate of drug-likeness (QED) is 0.257. The van der Waals surface area contributed by atoms with Gasteiger partial charge in [0, 0.05) is 6.54 Å². The van der Waals surface area contributed by atoms with Crippen molar-refractivity contribution < 1.29 is 46.6 Å². The molecule has 0 spiro atoms. The number of rotatable bonds is 13. The van der Waals surface area contributed by atoms with Gasteiger partial charge in [-0.1, -0.05) is 50.2 Å². The third kappa shape index (κ3) is 12.1. The van der Waals surface area contributed by atoms with E-state index in [0.717, 1.165) is 5.56 Å². The van der Waals surface area contributed by atoms with E-state index < -0.39 is 65.4 Å². The average molecular weight is 651 g/mol. The number of ketones is 1. The summed E-state index contributed by atoms with van der Waals surface area (Å²) >= 11 is 0. The van der Waals surface area contributed by atoms with Gasteiger partial charge in [-0.2, -0.15) is 13.2 Å². The minimum Gasteiger partial charge on any atom is -0.497 e. The van der Waals surface area contributed by atoms with Crippen LogP contribution in [-0.4, -0.2) is 60.6 Å². The number of hydrogen-bond acceptors (Lipinski definition) is 7. The van der Waals surface area contributed by atoms with Gasteiger partial charge in [-0.05, 0) is 62.4 Å². The van der Waals surface area contributed by atoms with Crippen LogP contribution >= 0.6 is 0 Å². The van der Waals surface area contributed by atoms with Gasteiger partial charge in [0.15, 0.2) is 0 Å². The van der Waals surface area contributed by atoms with Gasteiger partial charge in [0.25, 0.3) is 5.78 Å². The molecule has 0 saturated heterocycles. The zero-order valence-corrected chi connectivity index (χ0v) is 26.8. The average Bonchev–Trinajstić information content (AvgIpc) is 2.96. The summed E-state index contributed by atoms with van der Waals surface area (Å²) in [5.74, 6) is -4.95. The van der Waals surface area contributed by atoms with Crippen molar-refractivity contribution in [3.05, 3.63) is 65.2 Å². The number of Topliss-reactive ketones (excluding diaryl/α,β-unsaturated/α-hetero) is 1. The zero-order valence-electron chi connectivity index (χ0n) is 26.8. The van der Waals surface area contributed by atoms with Crippen molar-refractivity contribution in [2.24, 2.45) is 5.92 Å². The summed E-state index contributed by atoms with van der Waals surface area (Å²) in [6.07, 6.45) is -5.84. The number of amides is 4. The van der Waals surface area contributed by atoms with Gasteiger partial charge in [0.2, 0.25) is 17.7 Å². The number of ether oxygens (including phenoxy) is 2. The predicted octanol–water partition coefficient (Wildman–Crippen LogP) is 3.90. The first-order valence-corrected chi connectivity index (χ1v) is 14.5. The number of alkyl halides is 3. The maximum Gasteiger partial charge on any atom is 0.452 e. The van der Waals surface area contributed by atoms with Gasteiger partial charge in [-0.25, -0.2) is 4.79 Å². The first-order chi connectivity index (χ1) is 21.3. The molecule has 3 atom stereocenters. The Bertz CT molecular complexity index is 1370. The molecule has 0 aliphatic carbocycles. The molecule has 0 bridgehead atoms. The monoisotopic (exact) mass is 650 g/mol. The van der Waals surface area contributed by atoms with E-state index in [-0.39, 0.29) is 18.5 Å². The Balaban J connectivity index is 2.08. The lowest BCUT2D eigenvalue weighted by Gasteiger charge is -2.26. The fourth-order valence-corrected chi connectivity index (χ4v) is 4.12. The standard InChI is InChI=1S/C32H41F3N4O7/c1-18(2)25(27(41)32(33,34)35)38-29(43)26(22-12-14-23(45-7)15-13-22)39-28(42)19(3)37-24(40)16-20-8-10-21(11-9-20)17-36-30(44)46-31(4,5)6/h8-15,18-19,25-26H,16-17H2,1-7H3,(H,36,44)(H,37,40)(H,38,43)(H,39,42). The van der Waals surface area contributed by atoms with Crippen molar-refractivity contribution in [1.29, 1.82) is 0 Å². The highest BCUT2D eigenvalue weighted by atomic mass is 19.4. The van der Waals surface area contributed by atoms with Crippen LogP contribution in [0.4, 0.5) is 18.0 Å². The second-order valence-electron chi connectivity index (χ2n) is 11.9. The Labute approximate surface area is 266 Å². The highest BCUT2D eigenvalue weighted by Crippen LogP contribution is 2.23. The lowest BCUT2D eigenvalue weighted by atomic mass is 9.97. The van der Waals surface area contributed by atoms with E-state index in [0.29, 0.717) is 11.3 Å². The van der Waals surface area contributed by atoms with Crippen LogP contribution in [0.25, 0.3) is 0 Å². The minimum atomic E-state index is -5.18. The van der Waals surface area contributed by atoms with Gasteiger partial charge in [-0.15, -0.1) is 0 Å². The Morgan fingerprint density at radius 1 is 0.783 bits per heavy atom. The third-order valence-corrected chi connectivity index (χ3v) is 6.52. The normalized spacial score (nSPS) is 13.5. The lowest BCUT2D eigenvalue weighted by Crippen LogP contribution is -2.54. The zero-order chi connectivity index (χ0) is 34.8. The fraction of sp³-hybridized carbons (Fsp3) is 0.469. The number of hydrogen-bond donors (Lipinski definition) is 4. The highest BCUT2D eigenvalue weighted by molar-refractivity contribution is 5.96. The van der Waals surface area contributed by atoms with E-state index >= 15 is 0 Å². The Kier molecular flexibility index (Phi) is 13.1. The van der Waals surface area contributed by atoms with Gasteiger partial charge < -0.3 is 30.7 Å². The number of carbonyl (C=O) groups excluding carboxylic acids is 5. The summed E-state index contributed by atoms with van der Waals surface area (Å²) in [4.78, 5) is 62.9. The minimum absolute atomic E-state index is 0.0879. The molecule has 2 aromatic rings. The van der Waals surface area contributed by atoms with Crippen LogP contribution in [0.2, 0.25) is 0 Å². The summed E-state index contributed by atoms with van der Waals surface area (Å²) in [7, 11) is 1.42. The molecule has 0 heterocycles.